The fourth-order valence-electron chi connectivity index (χ4n) is 2.61. The molecule has 1 amide bonds. The minimum atomic E-state index is -4.61. The molecule has 7 heteroatoms. The van der Waals surface area contributed by atoms with Crippen LogP contribution in [0.5, 0.6) is 0 Å². The number of benzene rings is 2. The molecule has 1 unspecified atom stereocenters. The molecule has 0 bridgehead atoms. The molecule has 2 rings (SSSR count). The molecular formula is C19H18F3NO3. The molecule has 0 aliphatic carbocycles. The summed E-state index contributed by atoms with van der Waals surface area (Å²) in [4.78, 5) is 24.4. The van der Waals surface area contributed by atoms with Crippen LogP contribution < -0.4 is 0 Å². The van der Waals surface area contributed by atoms with Crippen molar-refractivity contribution in [1.82, 2.24) is 4.90 Å². The number of nitrogens with zero attached hydrogens (tertiary/aromatic N) is 1. The summed E-state index contributed by atoms with van der Waals surface area (Å²) in [5.74, 6) is -4.12. The van der Waals surface area contributed by atoms with E-state index in [2.05, 4.69) is 0 Å². The number of carboxylic acids is 1. The lowest BCUT2D eigenvalue weighted by Crippen LogP contribution is -2.37. The molecule has 0 aliphatic heterocycles. The first-order valence-corrected chi connectivity index (χ1v) is 7.92. The predicted molar refractivity (Wildman–Crippen MR) is 89.3 cm³/mol. The molecular weight excluding hydrogens is 347 g/mol. The second-order valence-corrected chi connectivity index (χ2v) is 5.84. The summed E-state index contributed by atoms with van der Waals surface area (Å²) in [6, 6.07) is 15.7. The van der Waals surface area contributed by atoms with Crippen molar-refractivity contribution in [1.29, 1.82) is 0 Å². The zero-order valence-corrected chi connectivity index (χ0v) is 13.8. The normalized spacial score (nSPS) is 12.4. The Morgan fingerprint density at radius 1 is 0.962 bits per heavy atom. The summed E-state index contributed by atoms with van der Waals surface area (Å²) >= 11 is 0. The number of carbonyl (C=O) groups is 2. The molecule has 26 heavy (non-hydrogen) atoms. The summed E-state index contributed by atoms with van der Waals surface area (Å²) in [5.41, 5.74) is 0.619. The number of alkyl halides is 3. The van der Waals surface area contributed by atoms with Crippen LogP contribution in [0.4, 0.5) is 13.2 Å². The molecule has 1 N–H and O–H groups in total. The average molecular weight is 365 g/mol. The van der Waals surface area contributed by atoms with Crippen LogP contribution in [0.25, 0.3) is 0 Å². The van der Waals surface area contributed by atoms with E-state index in [0.29, 0.717) is 5.56 Å². The van der Waals surface area contributed by atoms with Gasteiger partial charge in [0.15, 0.2) is 0 Å². The van der Waals surface area contributed by atoms with Crippen molar-refractivity contribution in [2.75, 3.05) is 6.54 Å². The lowest BCUT2D eigenvalue weighted by atomic mass is 9.94. The molecule has 0 radical (unpaired) electrons. The molecule has 0 spiro atoms. The highest BCUT2D eigenvalue weighted by atomic mass is 19.4. The SMILES string of the molecule is O=C(O)CN(Cc1ccccc1)C(=O)CC(c1ccccc1)C(F)(F)F. The van der Waals surface area contributed by atoms with Gasteiger partial charge >= 0.3 is 12.1 Å². The third-order valence-electron chi connectivity index (χ3n) is 3.87. The maximum absolute atomic E-state index is 13.4. The Labute approximate surface area is 148 Å². The molecule has 2 aromatic carbocycles. The summed E-state index contributed by atoms with van der Waals surface area (Å²) in [5, 5.41) is 9.01. The number of carbonyl (C=O) groups excluding carboxylic acids is 1. The quantitative estimate of drug-likeness (QED) is 0.811. The summed E-state index contributed by atoms with van der Waals surface area (Å²) in [6.07, 6.45) is -5.45. The van der Waals surface area contributed by atoms with E-state index in [4.69, 9.17) is 5.11 Å². The van der Waals surface area contributed by atoms with E-state index in [1.165, 1.54) is 24.3 Å². The van der Waals surface area contributed by atoms with E-state index >= 15 is 0 Å². The number of rotatable bonds is 7. The van der Waals surface area contributed by atoms with E-state index in [9.17, 15) is 22.8 Å². The lowest BCUT2D eigenvalue weighted by Gasteiger charge is -2.25. The predicted octanol–water partition coefficient (Wildman–Crippen LogP) is 3.84. The standard InChI is InChI=1S/C19H18F3NO3/c20-19(21,22)16(15-9-5-2-6-10-15)11-17(24)23(13-18(25)26)12-14-7-3-1-4-8-14/h1-10,16H,11-13H2,(H,25,26). The smallest absolute Gasteiger partial charge is 0.396 e. The van der Waals surface area contributed by atoms with Crippen molar-refractivity contribution in [2.24, 2.45) is 0 Å². The topological polar surface area (TPSA) is 57.6 Å². The van der Waals surface area contributed by atoms with Crippen LogP contribution in [0, 0.1) is 0 Å². The third kappa shape index (κ3) is 5.61. The first-order chi connectivity index (χ1) is 12.3. The second kappa shape index (κ2) is 8.51. The van der Waals surface area contributed by atoms with Gasteiger partial charge in [0.1, 0.15) is 6.54 Å². The molecule has 1 atom stereocenters. The molecule has 0 heterocycles. The Morgan fingerprint density at radius 3 is 2.00 bits per heavy atom. The Bertz CT molecular complexity index is 733. The fourth-order valence-corrected chi connectivity index (χ4v) is 2.61. The van der Waals surface area contributed by atoms with E-state index < -0.39 is 36.9 Å². The van der Waals surface area contributed by atoms with Crippen LogP contribution in [0.1, 0.15) is 23.5 Å². The summed E-state index contributed by atoms with van der Waals surface area (Å²) in [6.45, 7) is -0.724. The van der Waals surface area contributed by atoms with E-state index in [-0.39, 0.29) is 12.1 Å². The van der Waals surface area contributed by atoms with Gasteiger partial charge < -0.3 is 10.0 Å². The molecule has 0 saturated carbocycles. The van der Waals surface area contributed by atoms with Crippen molar-refractivity contribution in [3.63, 3.8) is 0 Å². The number of hydrogen-bond donors (Lipinski definition) is 1. The van der Waals surface area contributed by atoms with Crippen molar-refractivity contribution in [2.45, 2.75) is 25.1 Å². The number of amides is 1. The van der Waals surface area contributed by atoms with Crippen LogP contribution in [0.15, 0.2) is 60.7 Å². The van der Waals surface area contributed by atoms with Crippen LogP contribution in [-0.4, -0.2) is 34.6 Å². The lowest BCUT2D eigenvalue weighted by molar-refractivity contribution is -0.161. The maximum atomic E-state index is 13.4. The highest BCUT2D eigenvalue weighted by molar-refractivity contribution is 5.82. The monoisotopic (exact) mass is 365 g/mol. The molecule has 0 saturated heterocycles. The van der Waals surface area contributed by atoms with Crippen LogP contribution in [0.2, 0.25) is 0 Å². The minimum Gasteiger partial charge on any atom is -0.480 e. The number of hydrogen-bond acceptors (Lipinski definition) is 2. The van der Waals surface area contributed by atoms with E-state index in [1.54, 1.807) is 36.4 Å². The van der Waals surface area contributed by atoms with Gasteiger partial charge in [-0.25, -0.2) is 0 Å². The van der Waals surface area contributed by atoms with E-state index in [1.807, 2.05) is 0 Å². The Kier molecular flexibility index (Phi) is 6.38. The molecule has 138 valence electrons. The van der Waals surface area contributed by atoms with Gasteiger partial charge in [-0.3, -0.25) is 9.59 Å². The zero-order chi connectivity index (χ0) is 19.2. The van der Waals surface area contributed by atoms with Crippen molar-refractivity contribution in [3.05, 3.63) is 71.8 Å². The highest BCUT2D eigenvalue weighted by Crippen LogP contribution is 2.37. The zero-order valence-electron chi connectivity index (χ0n) is 13.8. The fraction of sp³-hybridized carbons (Fsp3) is 0.263. The van der Waals surface area contributed by atoms with Gasteiger partial charge in [-0.2, -0.15) is 13.2 Å². The van der Waals surface area contributed by atoms with Gasteiger partial charge in [0, 0.05) is 13.0 Å². The number of carboxylic acid groups (broad SMARTS) is 1. The van der Waals surface area contributed by atoms with Crippen molar-refractivity contribution >= 4 is 11.9 Å². The molecule has 0 aromatic heterocycles. The Balaban J connectivity index is 2.21. The second-order valence-electron chi connectivity index (χ2n) is 5.84. The Morgan fingerprint density at radius 2 is 1.50 bits per heavy atom. The Hall–Kier alpha value is -2.83. The molecule has 0 fully saturated rings. The molecule has 4 nitrogen and oxygen atoms in total. The van der Waals surface area contributed by atoms with Gasteiger partial charge in [-0.15, -0.1) is 0 Å². The van der Waals surface area contributed by atoms with Crippen molar-refractivity contribution in [3.8, 4) is 0 Å². The van der Waals surface area contributed by atoms with Gasteiger partial charge in [0.05, 0.1) is 5.92 Å². The van der Waals surface area contributed by atoms with Gasteiger partial charge in [0.25, 0.3) is 0 Å². The molecule has 2 aromatic rings. The minimum absolute atomic E-state index is 0.0247. The first kappa shape index (κ1) is 19.5. The average Bonchev–Trinajstić information content (AvgIpc) is 2.59. The molecule has 0 aliphatic rings. The summed E-state index contributed by atoms with van der Waals surface area (Å²) < 4.78 is 40.3. The number of halogens is 3. The van der Waals surface area contributed by atoms with Gasteiger partial charge in [0.2, 0.25) is 5.91 Å². The maximum Gasteiger partial charge on any atom is 0.396 e. The van der Waals surface area contributed by atoms with Crippen LogP contribution in [0.3, 0.4) is 0 Å². The van der Waals surface area contributed by atoms with Gasteiger partial charge in [-0.1, -0.05) is 60.7 Å². The van der Waals surface area contributed by atoms with Crippen LogP contribution in [-0.2, 0) is 16.1 Å². The number of aliphatic carboxylic acids is 1. The van der Waals surface area contributed by atoms with Crippen molar-refractivity contribution < 1.29 is 27.9 Å². The largest absolute Gasteiger partial charge is 0.480 e. The van der Waals surface area contributed by atoms with E-state index in [0.717, 1.165) is 4.90 Å². The highest BCUT2D eigenvalue weighted by Gasteiger charge is 2.42. The van der Waals surface area contributed by atoms with Crippen LogP contribution >= 0.6 is 0 Å². The van der Waals surface area contributed by atoms with Gasteiger partial charge in [-0.05, 0) is 11.1 Å². The summed E-state index contributed by atoms with van der Waals surface area (Å²) in [7, 11) is 0. The first-order valence-electron chi connectivity index (χ1n) is 7.92. The third-order valence-corrected chi connectivity index (χ3v) is 3.87.